The molecule has 0 radical (unpaired) electrons. The number of benzene rings is 1. The molecule has 0 atom stereocenters. The Morgan fingerprint density at radius 2 is 2.00 bits per heavy atom. The van der Waals surface area contributed by atoms with E-state index in [-0.39, 0.29) is 5.82 Å². The third-order valence-corrected chi connectivity index (χ3v) is 3.62. The van der Waals surface area contributed by atoms with Crippen molar-refractivity contribution in [3.63, 3.8) is 0 Å². The van der Waals surface area contributed by atoms with Crippen LogP contribution >= 0.6 is 0 Å². The Morgan fingerprint density at radius 3 is 2.58 bits per heavy atom. The van der Waals surface area contributed by atoms with Gasteiger partial charge in [0.25, 0.3) is 0 Å². The van der Waals surface area contributed by atoms with Crippen LogP contribution in [0.2, 0.25) is 0 Å². The Balaban J connectivity index is 2.25. The molecule has 1 aromatic carbocycles. The first-order valence-electron chi connectivity index (χ1n) is 6.91. The van der Waals surface area contributed by atoms with Crippen LogP contribution in [0, 0.1) is 5.82 Å². The molecule has 0 amide bonds. The van der Waals surface area contributed by atoms with Gasteiger partial charge in [0.15, 0.2) is 11.6 Å². The van der Waals surface area contributed by atoms with E-state index in [0.29, 0.717) is 11.7 Å². The molecular formula is C15H23FN2O. The van der Waals surface area contributed by atoms with E-state index < -0.39 is 0 Å². The fraction of sp³-hybridized carbons (Fsp3) is 0.600. The monoisotopic (exact) mass is 266 g/mol. The second-order valence-corrected chi connectivity index (χ2v) is 5.38. The Bertz CT molecular complexity index is 428. The minimum absolute atomic E-state index is 0.251. The molecule has 19 heavy (non-hydrogen) atoms. The number of halogens is 1. The number of nitrogens with one attached hydrogen (secondary N) is 1. The van der Waals surface area contributed by atoms with E-state index in [1.165, 1.54) is 7.11 Å². The summed E-state index contributed by atoms with van der Waals surface area (Å²) in [5, 5.41) is 3.32. The lowest BCUT2D eigenvalue weighted by Crippen LogP contribution is -2.42. The van der Waals surface area contributed by atoms with Gasteiger partial charge >= 0.3 is 0 Å². The van der Waals surface area contributed by atoms with E-state index in [4.69, 9.17) is 4.74 Å². The summed E-state index contributed by atoms with van der Waals surface area (Å²) >= 11 is 0. The van der Waals surface area contributed by atoms with Crippen LogP contribution in [0.25, 0.3) is 0 Å². The topological polar surface area (TPSA) is 24.5 Å². The van der Waals surface area contributed by atoms with Crippen molar-refractivity contribution in [3.05, 3.63) is 29.1 Å². The van der Waals surface area contributed by atoms with Gasteiger partial charge in [0.05, 0.1) is 7.11 Å². The molecule has 1 aliphatic heterocycles. The molecule has 3 nitrogen and oxygen atoms in total. The average Bonchev–Trinajstić information content (AvgIpc) is 2.39. The minimum Gasteiger partial charge on any atom is -0.493 e. The van der Waals surface area contributed by atoms with Crippen molar-refractivity contribution >= 4 is 0 Å². The quantitative estimate of drug-likeness (QED) is 0.905. The van der Waals surface area contributed by atoms with E-state index in [1.807, 2.05) is 0 Å². The summed E-state index contributed by atoms with van der Waals surface area (Å²) in [5.74, 6) is 0.462. The summed E-state index contributed by atoms with van der Waals surface area (Å²) < 4.78 is 19.3. The summed E-state index contributed by atoms with van der Waals surface area (Å²) in [6.45, 7) is 8.89. The molecule has 0 spiro atoms. The van der Waals surface area contributed by atoms with Gasteiger partial charge in [0.1, 0.15) is 0 Å². The van der Waals surface area contributed by atoms with Crippen LogP contribution in [-0.4, -0.2) is 38.2 Å². The highest BCUT2D eigenvalue weighted by atomic mass is 19.1. The number of hydrogen-bond donors (Lipinski definition) is 1. The Morgan fingerprint density at radius 1 is 1.32 bits per heavy atom. The molecule has 0 bridgehead atoms. The zero-order valence-corrected chi connectivity index (χ0v) is 12.0. The normalized spacial score (nSPS) is 16.9. The number of nitrogens with zero attached hydrogens (tertiary/aromatic N) is 1. The second-order valence-electron chi connectivity index (χ2n) is 5.38. The van der Waals surface area contributed by atoms with Crippen LogP contribution in [0.4, 0.5) is 4.39 Å². The van der Waals surface area contributed by atoms with Crippen molar-refractivity contribution in [1.82, 2.24) is 10.2 Å². The predicted molar refractivity (Wildman–Crippen MR) is 75.2 cm³/mol. The van der Waals surface area contributed by atoms with Crippen molar-refractivity contribution in [3.8, 4) is 5.75 Å². The van der Waals surface area contributed by atoms with E-state index >= 15 is 0 Å². The predicted octanol–water partition coefficient (Wildman–Crippen LogP) is 2.36. The van der Waals surface area contributed by atoms with Gasteiger partial charge in [-0.15, -0.1) is 0 Å². The SMILES string of the molecule is COc1c(F)cc(C(C)C)cc1CN1CCNCC1. The second kappa shape index (κ2) is 6.35. The van der Waals surface area contributed by atoms with E-state index in [2.05, 4.69) is 30.1 Å². The first-order chi connectivity index (χ1) is 9.11. The smallest absolute Gasteiger partial charge is 0.165 e. The van der Waals surface area contributed by atoms with Gasteiger partial charge in [-0.05, 0) is 17.5 Å². The Hall–Kier alpha value is -1.13. The highest BCUT2D eigenvalue weighted by molar-refractivity contribution is 5.40. The average molecular weight is 266 g/mol. The highest BCUT2D eigenvalue weighted by Crippen LogP contribution is 2.29. The largest absolute Gasteiger partial charge is 0.493 e. The van der Waals surface area contributed by atoms with Crippen LogP contribution in [-0.2, 0) is 6.54 Å². The summed E-state index contributed by atoms with van der Waals surface area (Å²) in [5.41, 5.74) is 1.98. The molecule has 1 saturated heterocycles. The maximum absolute atomic E-state index is 14.1. The lowest BCUT2D eigenvalue weighted by Gasteiger charge is -2.28. The van der Waals surface area contributed by atoms with Gasteiger partial charge < -0.3 is 10.1 Å². The number of methoxy groups -OCH3 is 1. The van der Waals surface area contributed by atoms with E-state index in [9.17, 15) is 4.39 Å². The van der Waals surface area contributed by atoms with Crippen molar-refractivity contribution in [2.24, 2.45) is 0 Å². The van der Waals surface area contributed by atoms with E-state index in [1.54, 1.807) is 6.07 Å². The third-order valence-electron chi connectivity index (χ3n) is 3.62. The zero-order chi connectivity index (χ0) is 13.8. The zero-order valence-electron chi connectivity index (χ0n) is 12.0. The van der Waals surface area contributed by atoms with Gasteiger partial charge in [-0.3, -0.25) is 4.90 Å². The molecule has 0 unspecified atom stereocenters. The lowest BCUT2D eigenvalue weighted by atomic mass is 9.99. The molecule has 0 aliphatic carbocycles. The summed E-state index contributed by atoms with van der Waals surface area (Å²) in [7, 11) is 1.54. The maximum atomic E-state index is 14.1. The molecular weight excluding hydrogens is 243 g/mol. The molecule has 1 fully saturated rings. The molecule has 0 saturated carbocycles. The molecule has 1 aromatic rings. The van der Waals surface area contributed by atoms with Crippen molar-refractivity contribution in [2.45, 2.75) is 26.3 Å². The summed E-state index contributed by atoms with van der Waals surface area (Å²) in [6, 6.07) is 3.67. The first kappa shape index (κ1) is 14.3. The van der Waals surface area contributed by atoms with Crippen molar-refractivity contribution in [2.75, 3.05) is 33.3 Å². The summed E-state index contributed by atoms with van der Waals surface area (Å²) in [6.07, 6.45) is 0. The van der Waals surface area contributed by atoms with Crippen LogP contribution < -0.4 is 10.1 Å². The molecule has 106 valence electrons. The van der Waals surface area contributed by atoms with Gasteiger partial charge in [0.2, 0.25) is 0 Å². The van der Waals surface area contributed by atoms with Crippen molar-refractivity contribution in [1.29, 1.82) is 0 Å². The lowest BCUT2D eigenvalue weighted by molar-refractivity contribution is 0.229. The van der Waals surface area contributed by atoms with Crippen LogP contribution in [0.15, 0.2) is 12.1 Å². The fourth-order valence-corrected chi connectivity index (χ4v) is 2.46. The molecule has 2 rings (SSSR count). The third kappa shape index (κ3) is 3.45. The standard InChI is InChI=1S/C15H23FN2O/c1-11(2)12-8-13(15(19-3)14(16)9-12)10-18-6-4-17-5-7-18/h8-9,11,17H,4-7,10H2,1-3H3. The maximum Gasteiger partial charge on any atom is 0.165 e. The molecule has 1 heterocycles. The number of piperazine rings is 1. The molecule has 0 aromatic heterocycles. The molecule has 4 heteroatoms. The van der Waals surface area contributed by atoms with Gasteiger partial charge in [-0.2, -0.15) is 0 Å². The fourth-order valence-electron chi connectivity index (χ4n) is 2.46. The number of hydrogen-bond acceptors (Lipinski definition) is 3. The van der Waals surface area contributed by atoms with Crippen LogP contribution in [0.5, 0.6) is 5.75 Å². The highest BCUT2D eigenvalue weighted by Gasteiger charge is 2.17. The van der Waals surface area contributed by atoms with Crippen LogP contribution in [0.1, 0.15) is 30.9 Å². The van der Waals surface area contributed by atoms with E-state index in [0.717, 1.165) is 43.9 Å². The number of rotatable bonds is 4. The van der Waals surface area contributed by atoms with Gasteiger partial charge in [0, 0.05) is 38.3 Å². The van der Waals surface area contributed by atoms with Crippen LogP contribution in [0.3, 0.4) is 0 Å². The molecule has 1 aliphatic rings. The molecule has 1 N–H and O–H groups in total. The number of ether oxygens (including phenoxy) is 1. The Kier molecular flexibility index (Phi) is 4.77. The van der Waals surface area contributed by atoms with Crippen molar-refractivity contribution < 1.29 is 9.13 Å². The first-order valence-corrected chi connectivity index (χ1v) is 6.91. The summed E-state index contributed by atoms with van der Waals surface area (Å²) in [4.78, 5) is 2.33. The Labute approximate surface area is 114 Å². The van der Waals surface area contributed by atoms with Gasteiger partial charge in [-0.25, -0.2) is 4.39 Å². The van der Waals surface area contributed by atoms with Gasteiger partial charge in [-0.1, -0.05) is 19.9 Å². The minimum atomic E-state index is -0.251.